The van der Waals surface area contributed by atoms with E-state index >= 15 is 0 Å². The second kappa shape index (κ2) is 8.47. The molecule has 1 aliphatic rings. The average molecular weight is 483 g/mol. The van der Waals surface area contributed by atoms with Gasteiger partial charge in [0.2, 0.25) is 0 Å². The van der Waals surface area contributed by atoms with Crippen LogP contribution in [-0.4, -0.2) is 42.8 Å². The fourth-order valence-corrected chi connectivity index (χ4v) is 5.86. The van der Waals surface area contributed by atoms with Gasteiger partial charge in [-0.25, -0.2) is 18.2 Å². The van der Waals surface area contributed by atoms with Crippen LogP contribution in [0.3, 0.4) is 0 Å². The van der Waals surface area contributed by atoms with E-state index in [1.165, 1.54) is 9.21 Å². The third kappa shape index (κ3) is 4.40. The Balaban J connectivity index is 1.74. The van der Waals surface area contributed by atoms with Crippen LogP contribution in [0, 0.1) is 20.8 Å². The van der Waals surface area contributed by atoms with Crippen molar-refractivity contribution in [1.29, 1.82) is 0 Å². The molecule has 180 valence electrons. The first-order valence-corrected chi connectivity index (χ1v) is 12.6. The van der Waals surface area contributed by atoms with Crippen molar-refractivity contribution >= 4 is 27.5 Å². The molecule has 0 unspecified atom stereocenters. The Morgan fingerprint density at radius 1 is 1.03 bits per heavy atom. The number of carbonyl (C=O) groups excluding carboxylic acids is 1. The third-order valence-corrected chi connectivity index (χ3v) is 7.59. The Labute approximate surface area is 200 Å². The van der Waals surface area contributed by atoms with E-state index in [-0.39, 0.29) is 18.0 Å². The summed E-state index contributed by atoms with van der Waals surface area (Å²) in [6.07, 6.45) is 3.10. The van der Waals surface area contributed by atoms with Gasteiger partial charge < -0.3 is 9.30 Å². The summed E-state index contributed by atoms with van der Waals surface area (Å²) in [6.45, 7) is 11.3. The lowest BCUT2D eigenvalue weighted by Crippen LogP contribution is -2.48. The second-order valence-electron chi connectivity index (χ2n) is 9.52. The zero-order chi connectivity index (χ0) is 24.8. The summed E-state index contributed by atoms with van der Waals surface area (Å²) in [7, 11) is -3.88. The predicted molar refractivity (Wildman–Crippen MR) is 132 cm³/mol. The van der Waals surface area contributed by atoms with Crippen LogP contribution in [-0.2, 0) is 14.8 Å². The van der Waals surface area contributed by atoms with Crippen LogP contribution in [0.25, 0.3) is 5.69 Å². The van der Waals surface area contributed by atoms with E-state index in [4.69, 9.17) is 4.74 Å². The highest BCUT2D eigenvalue weighted by Crippen LogP contribution is 2.40. The monoisotopic (exact) mass is 482 g/mol. The normalized spacial score (nSPS) is 14.2. The first kappa shape index (κ1) is 23.8. The first-order chi connectivity index (χ1) is 15.9. The molecule has 0 fully saturated rings. The van der Waals surface area contributed by atoms with Crippen molar-refractivity contribution in [3.05, 3.63) is 65.7 Å². The van der Waals surface area contributed by atoms with Gasteiger partial charge in [-0.05, 0) is 76.9 Å². The molecule has 1 aromatic heterocycles. The number of ether oxygens (including phenoxy) is 1. The van der Waals surface area contributed by atoms with Gasteiger partial charge in [0.15, 0.2) is 0 Å². The van der Waals surface area contributed by atoms with Crippen molar-refractivity contribution in [1.82, 2.24) is 9.55 Å². The van der Waals surface area contributed by atoms with Gasteiger partial charge in [0.05, 0.1) is 34.8 Å². The molecular formula is C25H30N4O4S. The number of carbonyl (C=O) groups is 1. The van der Waals surface area contributed by atoms with E-state index < -0.39 is 21.7 Å². The van der Waals surface area contributed by atoms with Crippen molar-refractivity contribution in [2.24, 2.45) is 0 Å². The first-order valence-electron chi connectivity index (χ1n) is 11.1. The number of fused-ring (bicyclic) bond motifs is 1. The van der Waals surface area contributed by atoms with E-state index in [0.717, 1.165) is 16.9 Å². The number of para-hydroxylation sites is 1. The maximum atomic E-state index is 13.9. The molecule has 2 aromatic carbocycles. The van der Waals surface area contributed by atoms with Gasteiger partial charge in [-0.15, -0.1) is 0 Å². The van der Waals surface area contributed by atoms with E-state index in [0.29, 0.717) is 16.9 Å². The number of imidazole rings is 1. The molecule has 4 rings (SSSR count). The van der Waals surface area contributed by atoms with Crippen molar-refractivity contribution in [2.45, 2.75) is 52.0 Å². The van der Waals surface area contributed by atoms with E-state index in [9.17, 15) is 13.2 Å². The number of anilines is 2. The van der Waals surface area contributed by atoms with Gasteiger partial charge in [-0.1, -0.05) is 12.1 Å². The van der Waals surface area contributed by atoms with Crippen LogP contribution >= 0.6 is 0 Å². The number of aryl methyl sites for hydroxylation is 3. The molecule has 34 heavy (non-hydrogen) atoms. The molecule has 2 heterocycles. The number of rotatable bonds is 3. The molecule has 1 aliphatic heterocycles. The molecule has 0 atom stereocenters. The zero-order valence-corrected chi connectivity index (χ0v) is 21.2. The molecule has 8 nitrogen and oxygen atoms in total. The number of sulfonamides is 1. The lowest BCUT2D eigenvalue weighted by Gasteiger charge is -2.38. The molecule has 0 radical (unpaired) electrons. The van der Waals surface area contributed by atoms with Crippen LogP contribution < -0.4 is 9.21 Å². The molecule has 0 bridgehead atoms. The SMILES string of the molecule is Cc1cn(-c2ccc(S(=O)(=O)N3CCN(C(=O)OC(C)(C)C)c4cccc(C)c43)c(C)c2)cn1. The number of benzene rings is 2. The smallest absolute Gasteiger partial charge is 0.414 e. The van der Waals surface area contributed by atoms with Gasteiger partial charge in [0.25, 0.3) is 10.0 Å². The van der Waals surface area contributed by atoms with Crippen molar-refractivity contribution in [3.63, 3.8) is 0 Å². The Bertz CT molecular complexity index is 1360. The summed E-state index contributed by atoms with van der Waals surface area (Å²) in [5.74, 6) is 0. The van der Waals surface area contributed by atoms with Crippen molar-refractivity contribution in [2.75, 3.05) is 22.3 Å². The minimum Gasteiger partial charge on any atom is -0.443 e. The third-order valence-electron chi connectivity index (χ3n) is 5.63. The molecule has 0 aliphatic carbocycles. The van der Waals surface area contributed by atoms with Gasteiger partial charge in [0, 0.05) is 18.4 Å². The van der Waals surface area contributed by atoms with Crippen LogP contribution in [0.1, 0.15) is 37.6 Å². The van der Waals surface area contributed by atoms with Crippen LogP contribution in [0.4, 0.5) is 16.2 Å². The average Bonchev–Trinajstić information content (AvgIpc) is 3.18. The van der Waals surface area contributed by atoms with Gasteiger partial charge >= 0.3 is 6.09 Å². The number of nitrogens with zero attached hydrogens (tertiary/aromatic N) is 4. The van der Waals surface area contributed by atoms with Crippen LogP contribution in [0.2, 0.25) is 0 Å². The largest absolute Gasteiger partial charge is 0.443 e. The maximum Gasteiger partial charge on any atom is 0.414 e. The topological polar surface area (TPSA) is 84.7 Å². The van der Waals surface area contributed by atoms with Gasteiger partial charge in [-0.2, -0.15) is 0 Å². The molecule has 0 saturated carbocycles. The lowest BCUT2D eigenvalue weighted by molar-refractivity contribution is 0.0580. The molecule has 9 heteroatoms. The second-order valence-corrected chi connectivity index (χ2v) is 11.4. The lowest BCUT2D eigenvalue weighted by atomic mass is 10.1. The van der Waals surface area contributed by atoms with Gasteiger partial charge in [-0.3, -0.25) is 9.21 Å². The standard InChI is InChI=1S/C25H30N4O4S/c1-17-8-7-9-21-23(17)29(13-12-28(21)24(30)33-25(4,5)6)34(31,32)22-11-10-20(14-18(22)2)27-15-19(3)26-16-27/h7-11,14-16H,12-13H2,1-6H3. The summed E-state index contributed by atoms with van der Waals surface area (Å²) in [5.41, 5.74) is 3.47. The number of amides is 1. The fraction of sp³-hybridized carbons (Fsp3) is 0.360. The van der Waals surface area contributed by atoms with Crippen molar-refractivity contribution in [3.8, 4) is 5.69 Å². The fourth-order valence-electron chi connectivity index (χ4n) is 4.12. The molecule has 1 amide bonds. The van der Waals surface area contributed by atoms with Crippen LogP contribution in [0.5, 0.6) is 0 Å². The summed E-state index contributed by atoms with van der Waals surface area (Å²) in [5, 5.41) is 0. The minimum absolute atomic E-state index is 0.126. The van der Waals surface area contributed by atoms with E-state index in [2.05, 4.69) is 4.98 Å². The molecular weight excluding hydrogens is 452 g/mol. The summed E-state index contributed by atoms with van der Waals surface area (Å²) in [4.78, 5) is 18.9. The highest BCUT2D eigenvalue weighted by Gasteiger charge is 2.37. The highest BCUT2D eigenvalue weighted by molar-refractivity contribution is 7.93. The molecule has 0 saturated heterocycles. The Hall–Kier alpha value is -3.33. The highest BCUT2D eigenvalue weighted by atomic mass is 32.2. The summed E-state index contributed by atoms with van der Waals surface area (Å²) >= 11 is 0. The number of aromatic nitrogens is 2. The number of hydrogen-bond donors (Lipinski definition) is 0. The maximum absolute atomic E-state index is 13.9. The zero-order valence-electron chi connectivity index (χ0n) is 20.4. The molecule has 0 spiro atoms. The summed E-state index contributed by atoms with van der Waals surface area (Å²) < 4.78 is 36.5. The van der Waals surface area contributed by atoms with Crippen LogP contribution in [0.15, 0.2) is 53.8 Å². The van der Waals surface area contributed by atoms with Gasteiger partial charge in [0.1, 0.15) is 5.60 Å². The predicted octanol–water partition coefficient (Wildman–Crippen LogP) is 4.75. The molecule has 3 aromatic rings. The van der Waals surface area contributed by atoms with Crippen molar-refractivity contribution < 1.29 is 17.9 Å². The van der Waals surface area contributed by atoms with E-state index in [1.807, 2.05) is 42.8 Å². The Morgan fingerprint density at radius 3 is 2.38 bits per heavy atom. The summed E-state index contributed by atoms with van der Waals surface area (Å²) in [6, 6.07) is 10.7. The Morgan fingerprint density at radius 2 is 1.76 bits per heavy atom. The quantitative estimate of drug-likeness (QED) is 0.538. The van der Waals surface area contributed by atoms with E-state index in [1.54, 1.807) is 52.2 Å². The molecule has 0 N–H and O–H groups in total. The minimum atomic E-state index is -3.88. The number of hydrogen-bond acceptors (Lipinski definition) is 5. The Kier molecular flexibility index (Phi) is 5.93.